The molecule has 0 bridgehead atoms. The van der Waals surface area contributed by atoms with Gasteiger partial charge in [-0.3, -0.25) is 0 Å². The van der Waals surface area contributed by atoms with Crippen LogP contribution in [-0.4, -0.2) is 31.8 Å². The summed E-state index contributed by atoms with van der Waals surface area (Å²) in [5.74, 6) is 2.03. The van der Waals surface area contributed by atoms with E-state index in [0.29, 0.717) is 29.3 Å². The number of hydrogen-bond donors (Lipinski definition) is 1. The Hall–Kier alpha value is -3.15. The predicted octanol–water partition coefficient (Wildman–Crippen LogP) is 5.73. The van der Waals surface area contributed by atoms with E-state index in [0.717, 1.165) is 24.2 Å². The first-order chi connectivity index (χ1) is 14.1. The van der Waals surface area contributed by atoms with Gasteiger partial charge in [-0.2, -0.15) is 0 Å². The molecule has 0 aliphatic rings. The third-order valence-electron chi connectivity index (χ3n) is 5.09. The van der Waals surface area contributed by atoms with Crippen LogP contribution in [0.5, 0.6) is 11.5 Å². The van der Waals surface area contributed by atoms with Gasteiger partial charge in [0.2, 0.25) is 0 Å². The Labute approximate surface area is 172 Å². The van der Waals surface area contributed by atoms with Crippen LogP contribution in [0.3, 0.4) is 0 Å². The second-order valence-corrected chi connectivity index (χ2v) is 6.81. The Kier molecular flexibility index (Phi) is 6.65. The molecule has 1 aromatic heterocycles. The molecule has 154 valence electrons. The topological polar surface area (TPSA) is 59.8 Å². The first kappa shape index (κ1) is 20.6. The SMILES string of the molecule is CCC(C)N(CC)c1ccc(-c2cnc(Nc3ccc(OC)c(OC)c3)o2)cc1. The summed E-state index contributed by atoms with van der Waals surface area (Å²) in [6.45, 7) is 7.63. The first-order valence-electron chi connectivity index (χ1n) is 9.91. The smallest absolute Gasteiger partial charge is 0.299 e. The zero-order valence-corrected chi connectivity index (χ0v) is 17.7. The Balaban J connectivity index is 1.74. The highest BCUT2D eigenvalue weighted by atomic mass is 16.5. The maximum absolute atomic E-state index is 5.89. The number of rotatable bonds is 9. The van der Waals surface area contributed by atoms with Crippen LogP contribution in [0.2, 0.25) is 0 Å². The quantitative estimate of drug-likeness (QED) is 0.499. The standard InChI is InChI=1S/C23H29N3O3/c1-6-16(3)26(7-2)19-11-8-17(9-12-19)22-15-24-23(29-22)25-18-10-13-20(27-4)21(14-18)28-5/h8-16H,6-7H2,1-5H3,(H,24,25). The zero-order valence-electron chi connectivity index (χ0n) is 17.7. The molecular formula is C23H29N3O3. The van der Waals surface area contributed by atoms with Crippen LogP contribution in [0, 0.1) is 0 Å². The molecular weight excluding hydrogens is 366 g/mol. The molecule has 6 heteroatoms. The minimum absolute atomic E-state index is 0.422. The van der Waals surface area contributed by atoms with Crippen LogP contribution in [0.15, 0.2) is 53.1 Å². The van der Waals surface area contributed by atoms with E-state index < -0.39 is 0 Å². The number of nitrogens with zero attached hydrogens (tertiary/aromatic N) is 2. The number of anilines is 3. The van der Waals surface area contributed by atoms with E-state index in [4.69, 9.17) is 13.9 Å². The Morgan fingerprint density at radius 1 is 1.03 bits per heavy atom. The summed E-state index contributed by atoms with van der Waals surface area (Å²) in [5.41, 5.74) is 3.01. The summed E-state index contributed by atoms with van der Waals surface area (Å²) in [7, 11) is 3.22. The molecule has 0 aliphatic heterocycles. The highest BCUT2D eigenvalue weighted by Gasteiger charge is 2.13. The lowest BCUT2D eigenvalue weighted by Crippen LogP contribution is -2.32. The number of hydrogen-bond acceptors (Lipinski definition) is 6. The van der Waals surface area contributed by atoms with Gasteiger partial charge >= 0.3 is 0 Å². The number of aromatic nitrogens is 1. The molecule has 0 amide bonds. The Bertz CT molecular complexity index is 921. The Morgan fingerprint density at radius 3 is 2.38 bits per heavy atom. The Morgan fingerprint density at radius 2 is 1.76 bits per heavy atom. The largest absolute Gasteiger partial charge is 0.493 e. The van der Waals surface area contributed by atoms with Crippen LogP contribution < -0.4 is 19.7 Å². The number of benzene rings is 2. The zero-order chi connectivity index (χ0) is 20.8. The molecule has 0 saturated carbocycles. The molecule has 1 heterocycles. The summed E-state index contributed by atoms with van der Waals surface area (Å²) in [6.07, 6.45) is 2.84. The third kappa shape index (κ3) is 4.65. The van der Waals surface area contributed by atoms with E-state index in [1.54, 1.807) is 20.4 Å². The molecule has 0 saturated heterocycles. The highest BCUT2D eigenvalue weighted by Crippen LogP contribution is 2.32. The van der Waals surface area contributed by atoms with Crippen molar-refractivity contribution < 1.29 is 13.9 Å². The van der Waals surface area contributed by atoms with Crippen molar-refractivity contribution in [2.75, 3.05) is 31.0 Å². The van der Waals surface area contributed by atoms with Crippen molar-refractivity contribution in [1.29, 1.82) is 0 Å². The number of nitrogens with one attached hydrogen (secondary N) is 1. The van der Waals surface area contributed by atoms with E-state index >= 15 is 0 Å². The van der Waals surface area contributed by atoms with Crippen LogP contribution >= 0.6 is 0 Å². The minimum atomic E-state index is 0.422. The monoisotopic (exact) mass is 395 g/mol. The number of ether oxygens (including phenoxy) is 2. The molecule has 29 heavy (non-hydrogen) atoms. The van der Waals surface area contributed by atoms with Crippen LogP contribution in [0.25, 0.3) is 11.3 Å². The number of methoxy groups -OCH3 is 2. The molecule has 0 radical (unpaired) electrons. The summed E-state index contributed by atoms with van der Waals surface area (Å²) >= 11 is 0. The van der Waals surface area contributed by atoms with Gasteiger partial charge in [-0.25, -0.2) is 4.98 Å². The lowest BCUT2D eigenvalue weighted by Gasteiger charge is -2.29. The van der Waals surface area contributed by atoms with E-state index in [-0.39, 0.29) is 0 Å². The van der Waals surface area contributed by atoms with Crippen molar-refractivity contribution in [2.24, 2.45) is 0 Å². The number of oxazole rings is 1. The summed E-state index contributed by atoms with van der Waals surface area (Å²) in [4.78, 5) is 6.74. The molecule has 3 aromatic rings. The van der Waals surface area contributed by atoms with Gasteiger partial charge in [0.15, 0.2) is 17.3 Å². The normalized spacial score (nSPS) is 11.8. The van der Waals surface area contributed by atoms with Crippen molar-refractivity contribution in [3.63, 3.8) is 0 Å². The molecule has 1 atom stereocenters. The second kappa shape index (κ2) is 9.37. The molecule has 0 aliphatic carbocycles. The van der Waals surface area contributed by atoms with Crippen molar-refractivity contribution in [3.8, 4) is 22.8 Å². The minimum Gasteiger partial charge on any atom is -0.493 e. The molecule has 6 nitrogen and oxygen atoms in total. The molecule has 0 fully saturated rings. The average molecular weight is 396 g/mol. The fourth-order valence-electron chi connectivity index (χ4n) is 3.29. The van der Waals surface area contributed by atoms with Crippen molar-refractivity contribution in [1.82, 2.24) is 4.98 Å². The van der Waals surface area contributed by atoms with Gasteiger partial charge in [-0.15, -0.1) is 0 Å². The van der Waals surface area contributed by atoms with Gasteiger partial charge in [0, 0.05) is 35.6 Å². The summed E-state index contributed by atoms with van der Waals surface area (Å²) in [5, 5.41) is 3.16. The van der Waals surface area contributed by atoms with Gasteiger partial charge in [0.25, 0.3) is 6.01 Å². The average Bonchev–Trinajstić information content (AvgIpc) is 3.22. The first-order valence-corrected chi connectivity index (χ1v) is 9.91. The summed E-state index contributed by atoms with van der Waals surface area (Å²) in [6, 6.07) is 14.9. The predicted molar refractivity (Wildman–Crippen MR) is 118 cm³/mol. The maximum atomic E-state index is 5.89. The van der Waals surface area contributed by atoms with Crippen molar-refractivity contribution in [2.45, 2.75) is 33.2 Å². The maximum Gasteiger partial charge on any atom is 0.299 e. The van der Waals surface area contributed by atoms with Crippen molar-refractivity contribution in [3.05, 3.63) is 48.7 Å². The van der Waals surface area contributed by atoms with Crippen LogP contribution in [0.4, 0.5) is 17.4 Å². The highest BCUT2D eigenvalue weighted by molar-refractivity contribution is 5.64. The van der Waals surface area contributed by atoms with Gasteiger partial charge in [-0.1, -0.05) is 6.92 Å². The molecule has 0 spiro atoms. The van der Waals surface area contributed by atoms with Gasteiger partial charge in [-0.05, 0) is 56.7 Å². The molecule has 2 aromatic carbocycles. The van der Waals surface area contributed by atoms with E-state index in [2.05, 4.69) is 60.2 Å². The fourth-order valence-corrected chi connectivity index (χ4v) is 3.29. The van der Waals surface area contributed by atoms with E-state index in [1.807, 2.05) is 18.2 Å². The van der Waals surface area contributed by atoms with Crippen LogP contribution in [0.1, 0.15) is 27.2 Å². The lowest BCUT2D eigenvalue weighted by molar-refractivity contribution is 0.355. The van der Waals surface area contributed by atoms with E-state index in [9.17, 15) is 0 Å². The van der Waals surface area contributed by atoms with Crippen LogP contribution in [-0.2, 0) is 0 Å². The molecule has 1 unspecified atom stereocenters. The van der Waals surface area contributed by atoms with Crippen molar-refractivity contribution >= 4 is 17.4 Å². The third-order valence-corrected chi connectivity index (χ3v) is 5.09. The fraction of sp³-hybridized carbons (Fsp3) is 0.348. The van der Waals surface area contributed by atoms with Gasteiger partial charge in [0.1, 0.15) is 0 Å². The van der Waals surface area contributed by atoms with Gasteiger partial charge in [0.05, 0.1) is 20.4 Å². The van der Waals surface area contributed by atoms with Gasteiger partial charge < -0.3 is 24.1 Å². The lowest BCUT2D eigenvalue weighted by atomic mass is 10.1. The second-order valence-electron chi connectivity index (χ2n) is 6.81. The molecule has 1 N–H and O–H groups in total. The van der Waals surface area contributed by atoms with E-state index in [1.165, 1.54) is 5.69 Å². The molecule has 3 rings (SSSR count). The summed E-state index contributed by atoms with van der Waals surface area (Å²) < 4.78 is 16.5.